The molecule has 0 radical (unpaired) electrons. The molecule has 3 N–H and O–H groups in total. The highest BCUT2D eigenvalue weighted by molar-refractivity contribution is 6.35. The van der Waals surface area contributed by atoms with Crippen molar-refractivity contribution in [3.63, 3.8) is 0 Å². The summed E-state index contributed by atoms with van der Waals surface area (Å²) in [5.41, 5.74) is 6.25. The molecular weight excluding hydrogens is 351 g/mol. The highest BCUT2D eigenvalue weighted by atomic mass is 35.5. The van der Waals surface area contributed by atoms with Gasteiger partial charge in [-0.15, -0.1) is 0 Å². The van der Waals surface area contributed by atoms with Crippen molar-refractivity contribution in [3.8, 4) is 5.75 Å². The molecule has 0 bridgehead atoms. The minimum Gasteiger partial charge on any atom is -0.479 e. The van der Waals surface area contributed by atoms with E-state index in [-0.39, 0.29) is 18.2 Å². The largest absolute Gasteiger partial charge is 0.479 e. The Hall–Kier alpha value is -2.08. The Bertz CT molecular complexity index is 765. The summed E-state index contributed by atoms with van der Waals surface area (Å²) < 4.78 is 5.54. The zero-order valence-electron chi connectivity index (χ0n) is 12.9. The lowest BCUT2D eigenvalue weighted by atomic mass is 10.1. The van der Waals surface area contributed by atoms with E-state index >= 15 is 0 Å². The Morgan fingerprint density at radius 3 is 2.62 bits per heavy atom. The molecule has 0 aliphatic carbocycles. The van der Waals surface area contributed by atoms with Gasteiger partial charge in [-0.2, -0.15) is 0 Å². The maximum Gasteiger partial charge on any atom is 0.265 e. The zero-order valence-corrected chi connectivity index (χ0v) is 14.4. The molecule has 2 rings (SSSR count). The van der Waals surface area contributed by atoms with Gasteiger partial charge >= 0.3 is 0 Å². The third kappa shape index (κ3) is 4.71. The minimum absolute atomic E-state index is 0.0913. The molecule has 0 aromatic heterocycles. The van der Waals surface area contributed by atoms with Gasteiger partial charge in [0.15, 0.2) is 11.9 Å². The first-order valence-corrected chi connectivity index (χ1v) is 7.92. The van der Waals surface area contributed by atoms with Crippen LogP contribution < -0.4 is 15.8 Å². The summed E-state index contributed by atoms with van der Waals surface area (Å²) in [5.74, 6) is -0.225. The summed E-state index contributed by atoms with van der Waals surface area (Å²) in [4.78, 5) is 23.8. The van der Waals surface area contributed by atoms with Crippen LogP contribution in [0.5, 0.6) is 5.75 Å². The van der Waals surface area contributed by atoms with Crippen molar-refractivity contribution < 1.29 is 14.3 Å². The Morgan fingerprint density at radius 1 is 1.21 bits per heavy atom. The molecule has 0 saturated heterocycles. The summed E-state index contributed by atoms with van der Waals surface area (Å²) in [6.07, 6.45) is -0.794. The van der Waals surface area contributed by atoms with E-state index in [9.17, 15) is 9.59 Å². The van der Waals surface area contributed by atoms with Crippen molar-refractivity contribution >= 4 is 40.6 Å². The molecule has 0 spiro atoms. The molecule has 2 aromatic rings. The SMILES string of the molecule is CC(Oc1ccc(Cl)cc1Cl)C(=O)Nc1cccc(C(=O)CN)c1. The highest BCUT2D eigenvalue weighted by Gasteiger charge is 2.17. The van der Waals surface area contributed by atoms with Gasteiger partial charge in [0.25, 0.3) is 5.91 Å². The molecule has 1 atom stereocenters. The monoisotopic (exact) mass is 366 g/mol. The normalized spacial score (nSPS) is 11.7. The third-order valence-corrected chi connectivity index (χ3v) is 3.73. The van der Waals surface area contributed by atoms with Gasteiger partial charge in [-0.1, -0.05) is 35.3 Å². The van der Waals surface area contributed by atoms with Crippen LogP contribution in [0, 0.1) is 0 Å². The van der Waals surface area contributed by atoms with Crippen LogP contribution >= 0.6 is 23.2 Å². The number of hydrogen-bond acceptors (Lipinski definition) is 4. The number of halogens is 2. The third-order valence-electron chi connectivity index (χ3n) is 3.20. The fraction of sp³-hybridized carbons (Fsp3) is 0.176. The molecule has 0 heterocycles. The number of carbonyl (C=O) groups is 2. The van der Waals surface area contributed by atoms with Crippen LogP contribution in [0.25, 0.3) is 0 Å². The summed E-state index contributed by atoms with van der Waals surface area (Å²) in [7, 11) is 0. The quantitative estimate of drug-likeness (QED) is 0.766. The second-order valence-electron chi connectivity index (χ2n) is 5.03. The number of Topliss-reactive ketones (excluding diaryl/α,β-unsaturated/α-hetero) is 1. The molecule has 0 aliphatic rings. The average molecular weight is 367 g/mol. The van der Waals surface area contributed by atoms with Gasteiger partial charge in [0.1, 0.15) is 5.75 Å². The van der Waals surface area contributed by atoms with Gasteiger partial charge in [-0.3, -0.25) is 9.59 Å². The van der Waals surface area contributed by atoms with Crippen molar-refractivity contribution in [2.45, 2.75) is 13.0 Å². The number of ketones is 1. The number of amides is 1. The predicted molar refractivity (Wildman–Crippen MR) is 95.0 cm³/mol. The topological polar surface area (TPSA) is 81.4 Å². The van der Waals surface area contributed by atoms with Crippen molar-refractivity contribution in [2.24, 2.45) is 5.73 Å². The number of rotatable bonds is 6. The molecule has 126 valence electrons. The lowest BCUT2D eigenvalue weighted by Crippen LogP contribution is -2.30. The molecule has 1 unspecified atom stereocenters. The second kappa shape index (κ2) is 8.15. The van der Waals surface area contributed by atoms with E-state index in [0.717, 1.165) is 0 Å². The number of ether oxygens (including phenoxy) is 1. The van der Waals surface area contributed by atoms with Crippen LogP contribution in [0.15, 0.2) is 42.5 Å². The fourth-order valence-electron chi connectivity index (χ4n) is 1.95. The molecule has 0 saturated carbocycles. The number of benzene rings is 2. The van der Waals surface area contributed by atoms with Crippen LogP contribution in [0.4, 0.5) is 5.69 Å². The highest BCUT2D eigenvalue weighted by Crippen LogP contribution is 2.28. The standard InChI is InChI=1S/C17H16Cl2N2O3/c1-10(24-16-6-5-12(18)8-14(16)19)17(23)21-13-4-2-3-11(7-13)15(22)9-20/h2-8,10H,9,20H2,1H3,(H,21,23). The van der Waals surface area contributed by atoms with E-state index in [1.54, 1.807) is 43.3 Å². The summed E-state index contributed by atoms with van der Waals surface area (Å²) in [5, 5.41) is 3.48. The lowest BCUT2D eigenvalue weighted by Gasteiger charge is -2.16. The zero-order chi connectivity index (χ0) is 17.7. The van der Waals surface area contributed by atoms with Crippen LogP contribution in [0.3, 0.4) is 0 Å². The fourth-order valence-corrected chi connectivity index (χ4v) is 2.40. The number of anilines is 1. The Morgan fingerprint density at radius 2 is 1.96 bits per heavy atom. The number of nitrogens with two attached hydrogens (primary N) is 1. The maximum absolute atomic E-state index is 12.2. The van der Waals surface area contributed by atoms with Gasteiger partial charge in [0.05, 0.1) is 11.6 Å². The van der Waals surface area contributed by atoms with Gasteiger partial charge in [0, 0.05) is 16.3 Å². The number of nitrogens with one attached hydrogen (secondary N) is 1. The first kappa shape index (κ1) is 18.3. The summed E-state index contributed by atoms with van der Waals surface area (Å²) >= 11 is 11.8. The Balaban J connectivity index is 2.05. The molecule has 0 fully saturated rings. The van der Waals surface area contributed by atoms with Crippen molar-refractivity contribution in [3.05, 3.63) is 58.1 Å². The minimum atomic E-state index is -0.794. The van der Waals surface area contributed by atoms with E-state index in [1.165, 1.54) is 6.07 Å². The van der Waals surface area contributed by atoms with Crippen molar-refractivity contribution in [1.29, 1.82) is 0 Å². The van der Waals surface area contributed by atoms with Crippen LogP contribution in [0.1, 0.15) is 17.3 Å². The van der Waals surface area contributed by atoms with E-state index in [0.29, 0.717) is 27.0 Å². The van der Waals surface area contributed by atoms with Crippen LogP contribution in [-0.2, 0) is 4.79 Å². The predicted octanol–water partition coefficient (Wildman–Crippen LogP) is 3.54. The van der Waals surface area contributed by atoms with E-state index in [1.807, 2.05) is 0 Å². The van der Waals surface area contributed by atoms with Crippen molar-refractivity contribution in [2.75, 3.05) is 11.9 Å². The summed E-state index contributed by atoms with van der Waals surface area (Å²) in [6.45, 7) is 1.50. The van der Waals surface area contributed by atoms with E-state index in [4.69, 9.17) is 33.7 Å². The number of carbonyl (C=O) groups excluding carboxylic acids is 2. The smallest absolute Gasteiger partial charge is 0.265 e. The van der Waals surface area contributed by atoms with Gasteiger partial charge in [-0.25, -0.2) is 0 Å². The lowest BCUT2D eigenvalue weighted by molar-refractivity contribution is -0.122. The van der Waals surface area contributed by atoms with E-state index in [2.05, 4.69) is 5.32 Å². The molecule has 7 heteroatoms. The maximum atomic E-state index is 12.2. The molecular formula is C17H16Cl2N2O3. The van der Waals surface area contributed by atoms with Gasteiger partial charge < -0.3 is 15.8 Å². The van der Waals surface area contributed by atoms with Gasteiger partial charge in [-0.05, 0) is 37.3 Å². The van der Waals surface area contributed by atoms with Crippen LogP contribution in [0.2, 0.25) is 10.0 Å². The Kier molecular flexibility index (Phi) is 6.20. The number of hydrogen-bond donors (Lipinski definition) is 2. The first-order chi connectivity index (χ1) is 11.4. The van der Waals surface area contributed by atoms with Crippen LogP contribution in [-0.4, -0.2) is 24.3 Å². The summed E-state index contributed by atoms with van der Waals surface area (Å²) in [6, 6.07) is 11.3. The molecule has 1 amide bonds. The van der Waals surface area contributed by atoms with Crippen molar-refractivity contribution in [1.82, 2.24) is 0 Å². The molecule has 2 aromatic carbocycles. The Labute approximate surface area is 149 Å². The molecule has 0 aliphatic heterocycles. The average Bonchev–Trinajstić information content (AvgIpc) is 2.56. The molecule has 24 heavy (non-hydrogen) atoms. The van der Waals surface area contributed by atoms with Gasteiger partial charge in [0.2, 0.25) is 0 Å². The van der Waals surface area contributed by atoms with E-state index < -0.39 is 6.10 Å². The first-order valence-electron chi connectivity index (χ1n) is 7.16. The second-order valence-corrected chi connectivity index (χ2v) is 5.88. The molecule has 5 nitrogen and oxygen atoms in total.